The molecular weight excluding hydrogens is 405 g/mol. The van der Waals surface area contributed by atoms with Crippen molar-refractivity contribution in [3.8, 4) is 11.1 Å². The zero-order valence-corrected chi connectivity index (χ0v) is 18.0. The number of rotatable bonds is 6. The van der Waals surface area contributed by atoms with Crippen LogP contribution in [0.4, 0.5) is 4.39 Å². The highest BCUT2D eigenvalue weighted by atomic mass is 19.1. The number of hydrogen-bond donors (Lipinski definition) is 3. The lowest BCUT2D eigenvalue weighted by atomic mass is 10.0. The first-order valence-electron chi connectivity index (χ1n) is 10.4. The molecule has 4 aromatic rings. The number of nitrogens with one attached hydrogen (secondary N) is 3. The van der Waals surface area contributed by atoms with Gasteiger partial charge in [0.05, 0.1) is 5.52 Å². The first-order chi connectivity index (χ1) is 15.5. The molecule has 3 aromatic carbocycles. The highest BCUT2D eigenvalue weighted by Crippen LogP contribution is 2.25. The summed E-state index contributed by atoms with van der Waals surface area (Å²) in [6.45, 7) is 2.35. The average Bonchev–Trinajstić information content (AvgIpc) is 3.15. The number of fused-ring (bicyclic) bond motifs is 1. The summed E-state index contributed by atoms with van der Waals surface area (Å²) in [5.41, 5.74) is 5.37. The van der Waals surface area contributed by atoms with E-state index < -0.39 is 0 Å². The van der Waals surface area contributed by atoms with Gasteiger partial charge in [0.25, 0.3) is 11.8 Å². The molecule has 0 unspecified atom stereocenters. The summed E-state index contributed by atoms with van der Waals surface area (Å²) in [7, 11) is 1.60. The van der Waals surface area contributed by atoms with Crippen LogP contribution in [0.15, 0.2) is 66.7 Å². The van der Waals surface area contributed by atoms with Gasteiger partial charge in [-0.25, -0.2) is 4.39 Å². The van der Waals surface area contributed by atoms with Crippen LogP contribution in [-0.2, 0) is 6.42 Å². The molecule has 1 heterocycles. The van der Waals surface area contributed by atoms with E-state index in [2.05, 4.69) is 15.6 Å². The van der Waals surface area contributed by atoms with Crippen LogP contribution in [0.5, 0.6) is 0 Å². The summed E-state index contributed by atoms with van der Waals surface area (Å²) < 4.78 is 14.0. The van der Waals surface area contributed by atoms with Crippen LogP contribution in [0.2, 0.25) is 0 Å². The Balaban J connectivity index is 1.41. The Morgan fingerprint density at radius 2 is 1.66 bits per heavy atom. The number of aromatic amines is 1. The van der Waals surface area contributed by atoms with Crippen LogP contribution in [0.1, 0.15) is 32.0 Å². The average molecular weight is 429 g/mol. The van der Waals surface area contributed by atoms with Crippen LogP contribution < -0.4 is 10.6 Å². The van der Waals surface area contributed by atoms with Gasteiger partial charge in [0, 0.05) is 35.8 Å². The van der Waals surface area contributed by atoms with Crippen molar-refractivity contribution in [2.75, 3.05) is 13.6 Å². The van der Waals surface area contributed by atoms with Gasteiger partial charge >= 0.3 is 0 Å². The monoisotopic (exact) mass is 429 g/mol. The highest BCUT2D eigenvalue weighted by molar-refractivity contribution is 5.96. The second kappa shape index (κ2) is 9.06. The van der Waals surface area contributed by atoms with E-state index in [-0.39, 0.29) is 17.6 Å². The molecule has 3 N–H and O–H groups in total. The number of benzene rings is 3. The van der Waals surface area contributed by atoms with E-state index in [9.17, 15) is 14.0 Å². The molecule has 0 radical (unpaired) electrons. The fourth-order valence-corrected chi connectivity index (χ4v) is 3.89. The van der Waals surface area contributed by atoms with E-state index in [4.69, 9.17) is 0 Å². The first kappa shape index (κ1) is 21.3. The molecule has 4 rings (SSSR count). The van der Waals surface area contributed by atoms with Crippen LogP contribution in [-0.4, -0.2) is 30.4 Å². The van der Waals surface area contributed by atoms with Gasteiger partial charge in [0.15, 0.2) is 0 Å². The molecule has 0 saturated carbocycles. The molecule has 0 fully saturated rings. The molecule has 0 bridgehead atoms. The van der Waals surface area contributed by atoms with Gasteiger partial charge in [-0.05, 0) is 60.4 Å². The summed E-state index contributed by atoms with van der Waals surface area (Å²) in [4.78, 5) is 27.5. The van der Waals surface area contributed by atoms with Gasteiger partial charge in [0.2, 0.25) is 0 Å². The van der Waals surface area contributed by atoms with Crippen LogP contribution >= 0.6 is 0 Å². The van der Waals surface area contributed by atoms with Gasteiger partial charge in [-0.15, -0.1) is 0 Å². The molecule has 0 atom stereocenters. The Morgan fingerprint density at radius 3 is 2.41 bits per heavy atom. The Bertz CT molecular complexity index is 1290. The number of hydrogen-bond acceptors (Lipinski definition) is 2. The van der Waals surface area contributed by atoms with E-state index >= 15 is 0 Å². The maximum absolute atomic E-state index is 14.0. The van der Waals surface area contributed by atoms with Crippen LogP contribution in [0.3, 0.4) is 0 Å². The van der Waals surface area contributed by atoms with Crippen molar-refractivity contribution in [2.45, 2.75) is 13.3 Å². The molecule has 6 heteroatoms. The third kappa shape index (κ3) is 4.25. The molecule has 0 aliphatic rings. The molecule has 0 aliphatic heterocycles. The largest absolute Gasteiger partial charge is 0.356 e. The lowest BCUT2D eigenvalue weighted by Crippen LogP contribution is -2.25. The normalized spacial score (nSPS) is 10.8. The van der Waals surface area contributed by atoms with Crippen molar-refractivity contribution >= 4 is 22.7 Å². The minimum Gasteiger partial charge on any atom is -0.356 e. The predicted octanol–water partition coefficient (Wildman–Crippen LogP) is 4.61. The van der Waals surface area contributed by atoms with Crippen molar-refractivity contribution in [3.63, 3.8) is 0 Å². The second-order valence-corrected chi connectivity index (χ2v) is 7.63. The van der Waals surface area contributed by atoms with Crippen molar-refractivity contribution in [3.05, 3.63) is 94.9 Å². The van der Waals surface area contributed by atoms with Gasteiger partial charge in [-0.1, -0.05) is 36.4 Å². The number of aryl methyl sites for hydroxylation is 1. The van der Waals surface area contributed by atoms with Crippen LogP contribution in [0, 0.1) is 12.7 Å². The minimum atomic E-state index is -0.276. The molecule has 5 nitrogen and oxygen atoms in total. The zero-order valence-electron chi connectivity index (χ0n) is 18.0. The molecule has 0 saturated heterocycles. The van der Waals surface area contributed by atoms with Gasteiger partial charge < -0.3 is 15.6 Å². The molecule has 2 amide bonds. The van der Waals surface area contributed by atoms with Gasteiger partial charge in [0.1, 0.15) is 5.82 Å². The lowest BCUT2D eigenvalue weighted by molar-refractivity contribution is 0.0949. The fraction of sp³-hybridized carbons (Fsp3) is 0.154. The third-order valence-electron chi connectivity index (χ3n) is 5.60. The Labute approximate surface area is 185 Å². The Morgan fingerprint density at radius 1 is 0.906 bits per heavy atom. The molecule has 0 aliphatic carbocycles. The molecule has 1 aromatic heterocycles. The summed E-state index contributed by atoms with van der Waals surface area (Å²) in [5.74, 6) is -0.586. The molecule has 162 valence electrons. The SMILES string of the molecule is CNC(=O)c1cccc(-c2ccc(C(=O)NCCc3c(C)[nH]c4c(F)cccc34)cc2)c1. The number of H-pyrrole nitrogens is 1. The molecule has 32 heavy (non-hydrogen) atoms. The number of para-hydroxylation sites is 1. The number of halogens is 1. The third-order valence-corrected chi connectivity index (χ3v) is 5.60. The summed E-state index contributed by atoms with van der Waals surface area (Å²) in [5, 5.41) is 6.40. The zero-order chi connectivity index (χ0) is 22.7. The fourth-order valence-electron chi connectivity index (χ4n) is 3.89. The number of carbonyl (C=O) groups is 2. The quantitative estimate of drug-likeness (QED) is 0.419. The van der Waals surface area contributed by atoms with Crippen LogP contribution in [0.25, 0.3) is 22.0 Å². The van der Waals surface area contributed by atoms with Crippen molar-refractivity contribution < 1.29 is 14.0 Å². The Hall–Kier alpha value is -3.93. The lowest BCUT2D eigenvalue weighted by Gasteiger charge is -2.08. The summed E-state index contributed by atoms with van der Waals surface area (Å²) in [6.07, 6.45) is 0.603. The van der Waals surface area contributed by atoms with Gasteiger partial charge in [-0.2, -0.15) is 0 Å². The predicted molar refractivity (Wildman–Crippen MR) is 124 cm³/mol. The second-order valence-electron chi connectivity index (χ2n) is 7.63. The maximum atomic E-state index is 14.0. The smallest absolute Gasteiger partial charge is 0.251 e. The van der Waals surface area contributed by atoms with E-state index in [0.29, 0.717) is 29.6 Å². The number of carbonyl (C=O) groups excluding carboxylic acids is 2. The molecular formula is C26H24FN3O2. The van der Waals surface area contributed by atoms with Gasteiger partial charge in [-0.3, -0.25) is 9.59 Å². The first-order valence-corrected chi connectivity index (χ1v) is 10.4. The number of amides is 2. The van der Waals surface area contributed by atoms with E-state index in [1.54, 1.807) is 31.3 Å². The van der Waals surface area contributed by atoms with E-state index in [1.807, 2.05) is 43.3 Å². The molecule has 0 spiro atoms. The summed E-state index contributed by atoms with van der Waals surface area (Å²) in [6, 6.07) is 19.6. The minimum absolute atomic E-state index is 0.143. The highest BCUT2D eigenvalue weighted by Gasteiger charge is 2.12. The van der Waals surface area contributed by atoms with Crippen molar-refractivity contribution in [1.82, 2.24) is 15.6 Å². The topological polar surface area (TPSA) is 74.0 Å². The van der Waals surface area contributed by atoms with E-state index in [1.165, 1.54) is 6.07 Å². The Kier molecular flexibility index (Phi) is 6.03. The summed E-state index contributed by atoms with van der Waals surface area (Å²) >= 11 is 0. The number of aromatic nitrogens is 1. The maximum Gasteiger partial charge on any atom is 0.251 e. The van der Waals surface area contributed by atoms with Crippen molar-refractivity contribution in [1.29, 1.82) is 0 Å². The van der Waals surface area contributed by atoms with E-state index in [0.717, 1.165) is 27.8 Å². The van der Waals surface area contributed by atoms with Crippen molar-refractivity contribution in [2.24, 2.45) is 0 Å². The standard InChI is InChI=1S/C26H24FN3O2/c1-16-21(22-7-4-8-23(27)24(22)30-16)13-14-29-26(32)18-11-9-17(10-12-18)19-5-3-6-20(15-19)25(31)28-2/h3-12,15,30H,13-14H2,1-2H3,(H,28,31)(H,29,32).